The molecular weight excluding hydrogens is 594 g/mol. The van der Waals surface area contributed by atoms with Gasteiger partial charge in [0.2, 0.25) is 15.9 Å². The lowest BCUT2D eigenvalue weighted by Crippen LogP contribution is -2.51. The van der Waals surface area contributed by atoms with Gasteiger partial charge >= 0.3 is 6.03 Å². The molecular formula is C33H47N5O6S. The lowest BCUT2D eigenvalue weighted by molar-refractivity contribution is -0.136. The van der Waals surface area contributed by atoms with Crippen LogP contribution in [0.15, 0.2) is 24.3 Å². The third-order valence-corrected chi connectivity index (χ3v) is 9.23. The summed E-state index contributed by atoms with van der Waals surface area (Å²) in [6, 6.07) is 6.85. The van der Waals surface area contributed by atoms with Crippen molar-refractivity contribution in [2.24, 2.45) is 5.92 Å². The fourth-order valence-corrected chi connectivity index (χ4v) is 6.63. The third-order valence-electron chi connectivity index (χ3n) is 8.64. The molecule has 2 aromatic carbocycles. The largest absolute Gasteiger partial charge is 0.493 e. The van der Waals surface area contributed by atoms with Crippen LogP contribution in [0.25, 0.3) is 0 Å². The Balaban J connectivity index is 1.20. The Morgan fingerprint density at radius 1 is 1.02 bits per heavy atom. The van der Waals surface area contributed by atoms with E-state index in [0.717, 1.165) is 92.2 Å². The molecule has 2 aliphatic carbocycles. The number of carbonyl (C=O) groups excluding carboxylic acids is 2. The van der Waals surface area contributed by atoms with Gasteiger partial charge in [-0.25, -0.2) is 13.2 Å². The van der Waals surface area contributed by atoms with Gasteiger partial charge in [0, 0.05) is 31.9 Å². The minimum atomic E-state index is -3.59. The molecule has 0 unspecified atom stereocenters. The summed E-state index contributed by atoms with van der Waals surface area (Å²) >= 11 is 0. The van der Waals surface area contributed by atoms with Gasteiger partial charge in [-0.05, 0) is 90.8 Å². The Morgan fingerprint density at radius 3 is 2.40 bits per heavy atom. The molecule has 0 radical (unpaired) electrons. The highest BCUT2D eigenvalue weighted by atomic mass is 32.2. The summed E-state index contributed by atoms with van der Waals surface area (Å²) in [5.41, 5.74) is 4.03. The zero-order chi connectivity index (χ0) is 32.4. The second-order valence-corrected chi connectivity index (χ2v) is 15.2. The van der Waals surface area contributed by atoms with Crippen LogP contribution >= 0.6 is 0 Å². The van der Waals surface area contributed by atoms with E-state index in [-0.39, 0.29) is 22.8 Å². The molecule has 1 heterocycles. The highest BCUT2D eigenvalue weighted by Crippen LogP contribution is 2.40. The Hall–Kier alpha value is -3.51. The van der Waals surface area contributed by atoms with Crippen molar-refractivity contribution < 1.29 is 27.5 Å². The average Bonchev–Trinajstić information content (AvgIpc) is 3.63. The molecule has 12 heteroatoms. The van der Waals surface area contributed by atoms with Gasteiger partial charge < -0.3 is 25.0 Å². The van der Waals surface area contributed by atoms with Crippen LogP contribution < -0.4 is 24.8 Å². The highest BCUT2D eigenvalue weighted by molar-refractivity contribution is 7.92. The fraction of sp³-hybridized carbons (Fsp3) is 0.576. The van der Waals surface area contributed by atoms with Crippen LogP contribution in [0.2, 0.25) is 0 Å². The number of hydrogen-bond acceptors (Lipinski definition) is 7. The number of rotatable bonds is 12. The normalized spacial score (nSPS) is 17.2. The number of hydrogen-bond donors (Lipinski definition) is 3. The molecule has 246 valence electrons. The smallest absolute Gasteiger partial charge is 0.323 e. The van der Waals surface area contributed by atoms with Crippen molar-refractivity contribution in [3.8, 4) is 11.5 Å². The van der Waals surface area contributed by atoms with Gasteiger partial charge in [0.25, 0.3) is 0 Å². The van der Waals surface area contributed by atoms with Gasteiger partial charge in [-0.1, -0.05) is 20.8 Å². The van der Waals surface area contributed by atoms with Crippen molar-refractivity contribution in [3.63, 3.8) is 0 Å². The number of methoxy groups -OCH3 is 1. The van der Waals surface area contributed by atoms with E-state index in [1.165, 1.54) is 20.0 Å². The second-order valence-electron chi connectivity index (χ2n) is 13.5. The van der Waals surface area contributed by atoms with E-state index in [1.807, 2.05) is 37.8 Å². The Morgan fingerprint density at radius 2 is 1.73 bits per heavy atom. The first kappa shape index (κ1) is 32.9. The number of urea groups is 1. The standard InChI is InChI=1S/C33H47N5O6S/c1-33(2,3)23-18-27(31(43-4)28(19-23)36-45(5,41)42)35-32(40)34-26-12-13-29(25-9-6-8-24(25)26)44-17-7-14-37-15-16-38(30(39)21-37)20-22-10-11-22/h12-13,18-19,22,36H,6-11,14-17,20-21H2,1-5H3,(H2,34,35,40). The maximum Gasteiger partial charge on any atom is 0.323 e. The van der Waals surface area contributed by atoms with Crippen molar-refractivity contribution in [2.45, 2.75) is 64.7 Å². The molecule has 0 aromatic heterocycles. The van der Waals surface area contributed by atoms with Crippen LogP contribution in [-0.4, -0.2) is 82.9 Å². The van der Waals surface area contributed by atoms with Gasteiger partial charge in [0.1, 0.15) is 5.75 Å². The van der Waals surface area contributed by atoms with Gasteiger partial charge in [-0.15, -0.1) is 0 Å². The van der Waals surface area contributed by atoms with E-state index in [0.29, 0.717) is 18.8 Å². The molecule has 3 N–H and O–H groups in total. The number of nitrogens with one attached hydrogen (secondary N) is 3. The molecule has 11 nitrogen and oxygen atoms in total. The van der Waals surface area contributed by atoms with Gasteiger partial charge in [-0.2, -0.15) is 0 Å². The van der Waals surface area contributed by atoms with Crippen LogP contribution in [0.3, 0.4) is 0 Å². The molecule has 1 saturated carbocycles. The molecule has 1 aliphatic heterocycles. The summed E-state index contributed by atoms with van der Waals surface area (Å²) in [7, 11) is -2.15. The fourth-order valence-electron chi connectivity index (χ4n) is 6.07. The zero-order valence-electron chi connectivity index (χ0n) is 27.1. The summed E-state index contributed by atoms with van der Waals surface area (Å²) in [6.07, 6.45) is 7.10. The molecule has 2 fully saturated rings. The number of sulfonamides is 1. The molecule has 2 aromatic rings. The first-order chi connectivity index (χ1) is 21.3. The van der Waals surface area contributed by atoms with Gasteiger partial charge in [0.15, 0.2) is 5.75 Å². The quantitative estimate of drug-likeness (QED) is 0.284. The third kappa shape index (κ3) is 8.61. The topological polar surface area (TPSA) is 129 Å². The Bertz CT molecular complexity index is 1530. The van der Waals surface area contributed by atoms with Crippen LogP contribution in [0.5, 0.6) is 11.5 Å². The van der Waals surface area contributed by atoms with Crippen LogP contribution in [0, 0.1) is 5.92 Å². The van der Waals surface area contributed by atoms with Crippen molar-refractivity contribution >= 4 is 39.0 Å². The highest BCUT2D eigenvalue weighted by Gasteiger charge is 2.30. The molecule has 0 bridgehead atoms. The van der Waals surface area contributed by atoms with Crippen molar-refractivity contribution in [1.82, 2.24) is 9.80 Å². The van der Waals surface area contributed by atoms with Crippen LogP contribution in [0.1, 0.15) is 63.1 Å². The first-order valence-corrected chi connectivity index (χ1v) is 17.8. The van der Waals surface area contributed by atoms with E-state index in [2.05, 4.69) is 20.3 Å². The van der Waals surface area contributed by atoms with Gasteiger partial charge in [0.05, 0.1) is 37.9 Å². The predicted octanol–water partition coefficient (Wildman–Crippen LogP) is 4.82. The maximum absolute atomic E-state index is 13.3. The zero-order valence-corrected chi connectivity index (χ0v) is 27.9. The Labute approximate surface area is 267 Å². The Kier molecular flexibility index (Phi) is 9.83. The number of benzene rings is 2. The summed E-state index contributed by atoms with van der Waals surface area (Å²) in [4.78, 5) is 30.0. The number of fused-ring (bicyclic) bond motifs is 1. The van der Waals surface area contributed by atoms with E-state index in [4.69, 9.17) is 9.47 Å². The molecule has 3 amide bonds. The van der Waals surface area contributed by atoms with Crippen molar-refractivity contribution in [3.05, 3.63) is 41.0 Å². The number of ether oxygens (including phenoxy) is 2. The monoisotopic (exact) mass is 641 g/mol. The van der Waals surface area contributed by atoms with E-state index < -0.39 is 16.1 Å². The van der Waals surface area contributed by atoms with Crippen LogP contribution in [0.4, 0.5) is 21.9 Å². The predicted molar refractivity (Wildman–Crippen MR) is 177 cm³/mol. The SMILES string of the molecule is COc1c(NC(=O)Nc2ccc(OCCCN3CCN(CC4CC4)C(=O)C3)c3c2CCC3)cc(C(C)(C)C)cc1NS(C)(=O)=O. The summed E-state index contributed by atoms with van der Waals surface area (Å²) < 4.78 is 38.4. The molecule has 5 rings (SSSR count). The molecule has 45 heavy (non-hydrogen) atoms. The molecule has 1 saturated heterocycles. The van der Waals surface area contributed by atoms with Gasteiger partial charge in [-0.3, -0.25) is 14.4 Å². The summed E-state index contributed by atoms with van der Waals surface area (Å²) in [5, 5.41) is 5.86. The minimum absolute atomic E-state index is 0.224. The number of piperazine rings is 1. The number of carbonyl (C=O) groups is 2. The number of nitrogens with zero attached hydrogens (tertiary/aromatic N) is 2. The summed E-state index contributed by atoms with van der Waals surface area (Å²) in [5.74, 6) is 2.03. The van der Waals surface area contributed by atoms with Crippen molar-refractivity contribution in [1.29, 1.82) is 0 Å². The number of anilines is 3. The van der Waals surface area contributed by atoms with E-state index in [9.17, 15) is 18.0 Å². The van der Waals surface area contributed by atoms with Crippen LogP contribution in [-0.2, 0) is 33.1 Å². The first-order valence-electron chi connectivity index (χ1n) is 15.9. The lowest BCUT2D eigenvalue weighted by Gasteiger charge is -2.34. The van der Waals surface area contributed by atoms with E-state index in [1.54, 1.807) is 12.1 Å². The molecule has 3 aliphatic rings. The summed E-state index contributed by atoms with van der Waals surface area (Å²) in [6.45, 7) is 10.6. The second kappa shape index (κ2) is 13.5. The molecule has 0 spiro atoms. The van der Waals surface area contributed by atoms with E-state index >= 15 is 0 Å². The minimum Gasteiger partial charge on any atom is -0.493 e. The average molecular weight is 642 g/mol. The lowest BCUT2D eigenvalue weighted by atomic mass is 9.86. The maximum atomic E-state index is 13.3. The molecule has 0 atom stereocenters. The van der Waals surface area contributed by atoms with Crippen molar-refractivity contribution in [2.75, 3.05) is 68.1 Å². The number of amides is 3.